The summed E-state index contributed by atoms with van der Waals surface area (Å²) >= 11 is 3.42. The maximum Gasteiger partial charge on any atom is 0.141 e. The minimum absolute atomic E-state index is 0.537. The SMILES string of the molecule is Nc1nc(CSC2=Nc3ccccc3CS2)nc2ccccc12. The molecule has 0 fully saturated rings. The first-order valence-corrected chi connectivity index (χ1v) is 9.20. The fraction of sp³-hybridized carbons (Fsp3) is 0.118. The quantitative estimate of drug-likeness (QED) is 0.751. The van der Waals surface area contributed by atoms with Gasteiger partial charge in [0.25, 0.3) is 0 Å². The molecule has 1 aliphatic rings. The van der Waals surface area contributed by atoms with Gasteiger partial charge in [-0.2, -0.15) is 0 Å². The number of anilines is 1. The molecule has 0 bridgehead atoms. The topological polar surface area (TPSA) is 64.2 Å². The van der Waals surface area contributed by atoms with Crippen molar-refractivity contribution in [3.8, 4) is 0 Å². The predicted molar refractivity (Wildman–Crippen MR) is 100 cm³/mol. The van der Waals surface area contributed by atoms with Crippen molar-refractivity contribution in [3.63, 3.8) is 0 Å². The van der Waals surface area contributed by atoms with Crippen LogP contribution in [0.2, 0.25) is 0 Å². The van der Waals surface area contributed by atoms with Crippen molar-refractivity contribution < 1.29 is 0 Å². The highest BCUT2D eigenvalue weighted by molar-refractivity contribution is 8.38. The van der Waals surface area contributed by atoms with E-state index >= 15 is 0 Å². The van der Waals surface area contributed by atoms with Gasteiger partial charge in [0.05, 0.1) is 17.0 Å². The number of aliphatic imine (C=N–C) groups is 1. The lowest BCUT2D eigenvalue weighted by Crippen LogP contribution is -2.02. The molecular weight excluding hydrogens is 324 g/mol. The number of benzene rings is 2. The summed E-state index contributed by atoms with van der Waals surface area (Å²) in [5.41, 5.74) is 9.27. The molecule has 6 heteroatoms. The van der Waals surface area contributed by atoms with E-state index in [4.69, 9.17) is 10.7 Å². The number of para-hydroxylation sites is 2. The molecule has 0 amide bonds. The van der Waals surface area contributed by atoms with Crippen molar-refractivity contribution >= 4 is 50.3 Å². The predicted octanol–water partition coefficient (Wildman–Crippen LogP) is 4.38. The molecule has 114 valence electrons. The number of rotatable bonds is 2. The molecular formula is C17H14N4S2. The van der Waals surface area contributed by atoms with Crippen LogP contribution in [0.25, 0.3) is 10.9 Å². The summed E-state index contributed by atoms with van der Waals surface area (Å²) in [7, 11) is 0. The van der Waals surface area contributed by atoms with Crippen LogP contribution in [0.5, 0.6) is 0 Å². The standard InChI is InChI=1S/C17H14N4S2/c18-16-12-6-2-4-8-14(12)19-15(21-16)10-23-17-20-13-7-3-1-5-11(13)9-22-17/h1-8H,9-10H2,(H2,18,19,21). The molecule has 2 heterocycles. The van der Waals surface area contributed by atoms with Crippen LogP contribution in [0.3, 0.4) is 0 Å². The maximum absolute atomic E-state index is 6.03. The Bertz CT molecular complexity index is 908. The first kappa shape index (κ1) is 14.5. The molecule has 2 N–H and O–H groups in total. The third-order valence-corrected chi connectivity index (χ3v) is 5.80. The second kappa shape index (κ2) is 6.22. The lowest BCUT2D eigenvalue weighted by atomic mass is 10.2. The molecule has 1 aromatic heterocycles. The summed E-state index contributed by atoms with van der Waals surface area (Å²) in [6, 6.07) is 16.1. The Hall–Kier alpha value is -2.05. The summed E-state index contributed by atoms with van der Waals surface area (Å²) in [5, 5.41) is 0.902. The van der Waals surface area contributed by atoms with Crippen LogP contribution in [-0.4, -0.2) is 14.3 Å². The fourth-order valence-electron chi connectivity index (χ4n) is 2.43. The number of hydrogen-bond donors (Lipinski definition) is 1. The highest BCUT2D eigenvalue weighted by Crippen LogP contribution is 2.35. The minimum Gasteiger partial charge on any atom is -0.383 e. The largest absolute Gasteiger partial charge is 0.383 e. The van der Waals surface area contributed by atoms with Gasteiger partial charge in [0.2, 0.25) is 0 Å². The van der Waals surface area contributed by atoms with Crippen LogP contribution < -0.4 is 5.73 Å². The molecule has 4 rings (SSSR count). The number of nitrogens with two attached hydrogens (primary N) is 1. The van der Waals surface area contributed by atoms with Gasteiger partial charge in [-0.15, -0.1) is 0 Å². The smallest absolute Gasteiger partial charge is 0.141 e. The number of aromatic nitrogens is 2. The van der Waals surface area contributed by atoms with Gasteiger partial charge in [0.15, 0.2) is 0 Å². The molecule has 4 nitrogen and oxygen atoms in total. The van der Waals surface area contributed by atoms with E-state index in [0.717, 1.165) is 32.5 Å². The van der Waals surface area contributed by atoms with Crippen molar-refractivity contribution in [2.45, 2.75) is 11.5 Å². The highest BCUT2D eigenvalue weighted by Gasteiger charge is 2.13. The molecule has 1 aliphatic heterocycles. The Kier molecular flexibility index (Phi) is 3.93. The number of fused-ring (bicyclic) bond motifs is 2. The van der Waals surface area contributed by atoms with Gasteiger partial charge in [0.1, 0.15) is 16.0 Å². The minimum atomic E-state index is 0.537. The summed E-state index contributed by atoms with van der Waals surface area (Å²) in [4.78, 5) is 13.7. The molecule has 23 heavy (non-hydrogen) atoms. The van der Waals surface area contributed by atoms with E-state index in [1.165, 1.54) is 5.56 Å². The van der Waals surface area contributed by atoms with Gasteiger partial charge >= 0.3 is 0 Å². The van der Waals surface area contributed by atoms with Gasteiger partial charge in [-0.3, -0.25) is 0 Å². The third-order valence-electron chi connectivity index (χ3n) is 3.56. The maximum atomic E-state index is 6.03. The number of hydrogen-bond acceptors (Lipinski definition) is 6. The lowest BCUT2D eigenvalue weighted by molar-refractivity contribution is 1.08. The first-order valence-electron chi connectivity index (χ1n) is 7.23. The Morgan fingerprint density at radius 3 is 2.83 bits per heavy atom. The van der Waals surface area contributed by atoms with Gasteiger partial charge in [-0.25, -0.2) is 15.0 Å². The second-order valence-corrected chi connectivity index (χ2v) is 7.31. The zero-order valence-electron chi connectivity index (χ0n) is 12.3. The summed E-state index contributed by atoms with van der Waals surface area (Å²) in [6.07, 6.45) is 0. The Labute approximate surface area is 142 Å². The van der Waals surface area contributed by atoms with E-state index in [0.29, 0.717) is 11.6 Å². The number of thioether (sulfide) groups is 2. The Morgan fingerprint density at radius 1 is 1.04 bits per heavy atom. The van der Waals surface area contributed by atoms with Crippen molar-refractivity contribution in [1.82, 2.24) is 9.97 Å². The van der Waals surface area contributed by atoms with Crippen molar-refractivity contribution in [1.29, 1.82) is 0 Å². The zero-order chi connectivity index (χ0) is 15.6. The van der Waals surface area contributed by atoms with Gasteiger partial charge < -0.3 is 5.73 Å². The summed E-state index contributed by atoms with van der Waals surface area (Å²) in [5.74, 6) is 2.91. The molecule has 0 aliphatic carbocycles. The Balaban J connectivity index is 1.55. The van der Waals surface area contributed by atoms with Crippen molar-refractivity contribution in [2.24, 2.45) is 4.99 Å². The van der Waals surface area contributed by atoms with Gasteiger partial charge in [-0.1, -0.05) is 53.9 Å². The monoisotopic (exact) mass is 338 g/mol. The van der Waals surface area contributed by atoms with Crippen LogP contribution in [-0.2, 0) is 11.5 Å². The van der Waals surface area contributed by atoms with Gasteiger partial charge in [0, 0.05) is 11.1 Å². The first-order chi connectivity index (χ1) is 11.3. The Morgan fingerprint density at radius 2 is 1.87 bits per heavy atom. The van der Waals surface area contributed by atoms with E-state index < -0.39 is 0 Å². The molecule has 0 spiro atoms. The highest BCUT2D eigenvalue weighted by atomic mass is 32.2. The molecule has 3 aromatic rings. The van der Waals surface area contributed by atoms with E-state index in [9.17, 15) is 0 Å². The van der Waals surface area contributed by atoms with E-state index in [1.54, 1.807) is 23.5 Å². The molecule has 0 atom stereocenters. The number of nitrogen functional groups attached to an aromatic ring is 1. The lowest BCUT2D eigenvalue weighted by Gasteiger charge is -2.14. The average molecular weight is 338 g/mol. The van der Waals surface area contributed by atoms with Crippen molar-refractivity contribution in [2.75, 3.05) is 5.73 Å². The van der Waals surface area contributed by atoms with Gasteiger partial charge in [-0.05, 0) is 23.8 Å². The average Bonchev–Trinajstić information content (AvgIpc) is 2.60. The molecule has 0 saturated heterocycles. The van der Waals surface area contributed by atoms with Crippen LogP contribution in [0.1, 0.15) is 11.4 Å². The number of nitrogens with zero attached hydrogens (tertiary/aromatic N) is 3. The zero-order valence-corrected chi connectivity index (χ0v) is 13.9. The molecule has 0 unspecified atom stereocenters. The van der Waals surface area contributed by atoms with E-state index in [-0.39, 0.29) is 0 Å². The van der Waals surface area contributed by atoms with Crippen LogP contribution in [0.4, 0.5) is 11.5 Å². The van der Waals surface area contributed by atoms with E-state index in [1.807, 2.05) is 30.3 Å². The van der Waals surface area contributed by atoms with Crippen LogP contribution >= 0.6 is 23.5 Å². The van der Waals surface area contributed by atoms with Crippen LogP contribution in [0, 0.1) is 0 Å². The normalized spacial score (nSPS) is 13.7. The molecule has 0 saturated carbocycles. The van der Waals surface area contributed by atoms with Crippen LogP contribution in [0.15, 0.2) is 53.5 Å². The second-order valence-electron chi connectivity index (χ2n) is 5.13. The summed E-state index contributed by atoms with van der Waals surface area (Å²) < 4.78 is 1.05. The third kappa shape index (κ3) is 3.04. The van der Waals surface area contributed by atoms with E-state index in [2.05, 4.69) is 28.2 Å². The van der Waals surface area contributed by atoms with Crippen molar-refractivity contribution in [3.05, 3.63) is 59.9 Å². The fourth-order valence-corrected chi connectivity index (χ4v) is 4.35. The molecule has 2 aromatic carbocycles. The summed E-state index contributed by atoms with van der Waals surface area (Å²) in [6.45, 7) is 0. The molecule has 0 radical (unpaired) electrons.